The summed E-state index contributed by atoms with van der Waals surface area (Å²) in [5, 5.41) is 14.3. The Kier molecular flexibility index (Phi) is 6.52. The number of carbonyl (C=O) groups excluding carboxylic acids is 1. The van der Waals surface area contributed by atoms with Crippen molar-refractivity contribution in [1.82, 2.24) is 5.32 Å². The van der Waals surface area contributed by atoms with Crippen LogP contribution in [-0.4, -0.2) is 36.9 Å². The molecule has 1 aromatic rings. The second kappa shape index (κ2) is 8.16. The summed E-state index contributed by atoms with van der Waals surface area (Å²) >= 11 is 0. The SMILES string of the molecule is CCC(COC)NC(=O)Nc1ccccc1CC(=O)O. The van der Waals surface area contributed by atoms with Crippen molar-refractivity contribution in [2.45, 2.75) is 25.8 Å². The fourth-order valence-corrected chi connectivity index (χ4v) is 1.77. The number of methoxy groups -OCH3 is 1. The van der Waals surface area contributed by atoms with Gasteiger partial charge in [0, 0.05) is 12.8 Å². The highest BCUT2D eigenvalue weighted by molar-refractivity contribution is 5.91. The van der Waals surface area contributed by atoms with Gasteiger partial charge in [-0.05, 0) is 18.1 Å². The summed E-state index contributed by atoms with van der Waals surface area (Å²) in [6, 6.07) is 6.39. The molecule has 0 aliphatic rings. The summed E-state index contributed by atoms with van der Waals surface area (Å²) in [6.07, 6.45) is 0.615. The molecule has 110 valence electrons. The van der Waals surface area contributed by atoms with Crippen LogP contribution in [0.3, 0.4) is 0 Å². The summed E-state index contributed by atoms with van der Waals surface area (Å²) in [4.78, 5) is 22.6. The van der Waals surface area contributed by atoms with Gasteiger partial charge in [-0.25, -0.2) is 4.79 Å². The first-order valence-corrected chi connectivity index (χ1v) is 6.43. The fraction of sp³-hybridized carbons (Fsp3) is 0.429. The highest BCUT2D eigenvalue weighted by atomic mass is 16.5. The third-order valence-corrected chi connectivity index (χ3v) is 2.80. The molecular weight excluding hydrogens is 260 g/mol. The Labute approximate surface area is 118 Å². The van der Waals surface area contributed by atoms with Crippen molar-refractivity contribution in [3.63, 3.8) is 0 Å². The Bertz CT molecular complexity index is 462. The Balaban J connectivity index is 2.67. The zero-order valence-electron chi connectivity index (χ0n) is 11.7. The van der Waals surface area contributed by atoms with Crippen molar-refractivity contribution in [1.29, 1.82) is 0 Å². The van der Waals surface area contributed by atoms with Crippen LogP contribution in [0.5, 0.6) is 0 Å². The molecule has 0 aromatic heterocycles. The van der Waals surface area contributed by atoms with Crippen molar-refractivity contribution >= 4 is 17.7 Å². The van der Waals surface area contributed by atoms with Gasteiger partial charge in [0.05, 0.1) is 19.1 Å². The molecule has 1 atom stereocenters. The molecule has 1 aromatic carbocycles. The summed E-state index contributed by atoms with van der Waals surface area (Å²) in [6.45, 7) is 2.38. The van der Waals surface area contributed by atoms with Gasteiger partial charge in [-0.2, -0.15) is 0 Å². The van der Waals surface area contributed by atoms with Crippen LogP contribution in [0, 0.1) is 0 Å². The molecule has 0 radical (unpaired) electrons. The van der Waals surface area contributed by atoms with Crippen LogP contribution in [0.15, 0.2) is 24.3 Å². The standard InChI is InChI=1S/C14H20N2O4/c1-3-11(9-20-2)15-14(19)16-12-7-5-4-6-10(12)8-13(17)18/h4-7,11H,3,8-9H2,1-2H3,(H,17,18)(H2,15,16,19). The molecule has 0 saturated heterocycles. The van der Waals surface area contributed by atoms with Crippen molar-refractivity contribution < 1.29 is 19.4 Å². The highest BCUT2D eigenvalue weighted by Gasteiger charge is 2.12. The lowest BCUT2D eigenvalue weighted by molar-refractivity contribution is -0.136. The first-order chi connectivity index (χ1) is 9.56. The number of para-hydroxylation sites is 1. The van der Waals surface area contributed by atoms with Crippen molar-refractivity contribution in [3.05, 3.63) is 29.8 Å². The van der Waals surface area contributed by atoms with E-state index in [1.54, 1.807) is 31.4 Å². The monoisotopic (exact) mass is 280 g/mol. The van der Waals surface area contributed by atoms with Gasteiger partial charge in [0.25, 0.3) is 0 Å². The van der Waals surface area contributed by atoms with E-state index >= 15 is 0 Å². The minimum absolute atomic E-state index is 0.0772. The summed E-state index contributed by atoms with van der Waals surface area (Å²) in [5.74, 6) is -0.939. The third-order valence-electron chi connectivity index (χ3n) is 2.80. The minimum atomic E-state index is -0.939. The Morgan fingerprint density at radius 3 is 2.65 bits per heavy atom. The van der Waals surface area contributed by atoms with E-state index in [-0.39, 0.29) is 18.5 Å². The predicted molar refractivity (Wildman–Crippen MR) is 75.9 cm³/mol. The number of nitrogens with one attached hydrogen (secondary N) is 2. The molecule has 3 N–H and O–H groups in total. The van der Waals surface area contributed by atoms with Gasteiger partial charge in [0.1, 0.15) is 0 Å². The molecule has 0 bridgehead atoms. The molecule has 0 fully saturated rings. The van der Waals surface area contributed by atoms with E-state index in [1.165, 1.54) is 0 Å². The molecule has 6 nitrogen and oxygen atoms in total. The Hall–Kier alpha value is -2.08. The van der Waals surface area contributed by atoms with Gasteiger partial charge in [0.2, 0.25) is 0 Å². The van der Waals surface area contributed by atoms with Gasteiger partial charge >= 0.3 is 12.0 Å². The molecule has 20 heavy (non-hydrogen) atoms. The lowest BCUT2D eigenvalue weighted by Gasteiger charge is -2.17. The van der Waals surface area contributed by atoms with Crippen LogP contribution >= 0.6 is 0 Å². The molecule has 0 aliphatic carbocycles. The van der Waals surface area contributed by atoms with E-state index in [1.807, 2.05) is 6.92 Å². The number of benzene rings is 1. The van der Waals surface area contributed by atoms with E-state index in [2.05, 4.69) is 10.6 Å². The first kappa shape index (κ1) is 16.0. The molecule has 1 unspecified atom stereocenters. The van der Waals surface area contributed by atoms with Gasteiger partial charge in [-0.3, -0.25) is 4.79 Å². The number of aliphatic carboxylic acids is 1. The number of anilines is 1. The van der Waals surface area contributed by atoms with E-state index in [0.29, 0.717) is 17.9 Å². The molecule has 0 heterocycles. The average Bonchev–Trinajstić information content (AvgIpc) is 2.40. The van der Waals surface area contributed by atoms with Gasteiger partial charge in [0.15, 0.2) is 0 Å². The summed E-state index contributed by atoms with van der Waals surface area (Å²) in [5.41, 5.74) is 1.06. The second-order valence-electron chi connectivity index (χ2n) is 4.39. The van der Waals surface area contributed by atoms with Crippen LogP contribution < -0.4 is 10.6 Å². The molecular formula is C14H20N2O4. The predicted octanol–water partition coefficient (Wildman–Crippen LogP) is 1.86. The molecule has 0 saturated carbocycles. The number of carboxylic acid groups (broad SMARTS) is 1. The lowest BCUT2D eigenvalue weighted by Crippen LogP contribution is -2.40. The number of urea groups is 1. The van der Waals surface area contributed by atoms with Crippen LogP contribution in [-0.2, 0) is 16.0 Å². The van der Waals surface area contributed by atoms with Crippen LogP contribution in [0.1, 0.15) is 18.9 Å². The average molecular weight is 280 g/mol. The van der Waals surface area contributed by atoms with Gasteiger partial charge in [-0.15, -0.1) is 0 Å². The number of rotatable bonds is 7. The maximum atomic E-state index is 11.9. The van der Waals surface area contributed by atoms with Crippen molar-refractivity contribution in [2.24, 2.45) is 0 Å². The van der Waals surface area contributed by atoms with E-state index < -0.39 is 5.97 Å². The maximum Gasteiger partial charge on any atom is 0.319 e. The highest BCUT2D eigenvalue weighted by Crippen LogP contribution is 2.15. The second-order valence-corrected chi connectivity index (χ2v) is 4.39. The van der Waals surface area contributed by atoms with Crippen molar-refractivity contribution in [2.75, 3.05) is 19.0 Å². The molecule has 0 spiro atoms. The Morgan fingerprint density at radius 2 is 2.05 bits per heavy atom. The van der Waals surface area contributed by atoms with E-state index in [4.69, 9.17) is 9.84 Å². The number of carboxylic acids is 1. The smallest absolute Gasteiger partial charge is 0.319 e. The van der Waals surface area contributed by atoms with Crippen LogP contribution in [0.4, 0.5) is 10.5 Å². The third kappa shape index (κ3) is 5.27. The summed E-state index contributed by atoms with van der Waals surface area (Å²) in [7, 11) is 1.57. The molecule has 0 aliphatic heterocycles. The summed E-state index contributed by atoms with van der Waals surface area (Å²) < 4.78 is 5.00. The zero-order valence-corrected chi connectivity index (χ0v) is 11.7. The number of hydrogen-bond acceptors (Lipinski definition) is 3. The first-order valence-electron chi connectivity index (χ1n) is 6.43. The Morgan fingerprint density at radius 1 is 1.35 bits per heavy atom. The molecule has 6 heteroatoms. The van der Waals surface area contributed by atoms with E-state index in [0.717, 1.165) is 6.42 Å². The lowest BCUT2D eigenvalue weighted by atomic mass is 10.1. The van der Waals surface area contributed by atoms with Gasteiger partial charge < -0.3 is 20.5 Å². The largest absolute Gasteiger partial charge is 0.481 e. The molecule has 1 rings (SSSR count). The fourth-order valence-electron chi connectivity index (χ4n) is 1.77. The number of carbonyl (C=O) groups is 2. The topological polar surface area (TPSA) is 87.7 Å². The normalized spacial score (nSPS) is 11.7. The zero-order chi connectivity index (χ0) is 15.0. The number of amides is 2. The number of ether oxygens (including phenoxy) is 1. The molecule has 2 amide bonds. The van der Waals surface area contributed by atoms with Crippen LogP contribution in [0.2, 0.25) is 0 Å². The van der Waals surface area contributed by atoms with Crippen LogP contribution in [0.25, 0.3) is 0 Å². The number of hydrogen-bond donors (Lipinski definition) is 3. The maximum absolute atomic E-state index is 11.9. The quantitative estimate of drug-likeness (QED) is 0.711. The van der Waals surface area contributed by atoms with Crippen molar-refractivity contribution in [3.8, 4) is 0 Å². The van der Waals surface area contributed by atoms with Gasteiger partial charge in [-0.1, -0.05) is 25.1 Å². The van der Waals surface area contributed by atoms with E-state index in [9.17, 15) is 9.59 Å². The minimum Gasteiger partial charge on any atom is -0.481 e.